The Hall–Kier alpha value is -0.650. The third kappa shape index (κ3) is 6.51. The molecule has 0 saturated heterocycles. The molecule has 0 aromatic rings. The number of hydrogen-bond donors (Lipinski definition) is 3. The third-order valence-electron chi connectivity index (χ3n) is 1.70. The van der Waals surface area contributed by atoms with Crippen LogP contribution in [0.25, 0.3) is 0 Å². The molecule has 0 spiro atoms. The Morgan fingerprint density at radius 3 is 2.77 bits per heavy atom. The van der Waals surface area contributed by atoms with Crippen molar-refractivity contribution in [2.75, 3.05) is 33.9 Å². The summed E-state index contributed by atoms with van der Waals surface area (Å²) < 4.78 is 4.85. The molecule has 0 bridgehead atoms. The summed E-state index contributed by atoms with van der Waals surface area (Å²) in [4.78, 5) is 10.5. The lowest BCUT2D eigenvalue weighted by atomic mass is 10.3. The second-order valence-electron chi connectivity index (χ2n) is 2.73. The average Bonchev–Trinajstić information content (AvgIpc) is 2.10. The second-order valence-corrected chi connectivity index (χ2v) is 2.73. The molecule has 0 aliphatic heterocycles. The summed E-state index contributed by atoms with van der Waals surface area (Å²) in [7, 11) is 3.28. The van der Waals surface area contributed by atoms with Gasteiger partial charge >= 0.3 is 5.97 Å². The van der Waals surface area contributed by atoms with E-state index in [9.17, 15) is 4.79 Å². The molecule has 1 unspecified atom stereocenters. The summed E-state index contributed by atoms with van der Waals surface area (Å²) in [6.07, 6.45) is 0.895. The van der Waals surface area contributed by atoms with Crippen LogP contribution in [0.4, 0.5) is 0 Å². The van der Waals surface area contributed by atoms with E-state index in [1.54, 1.807) is 14.2 Å². The van der Waals surface area contributed by atoms with Crippen LogP contribution in [-0.4, -0.2) is 51.0 Å². The Bertz CT molecular complexity index is 141. The van der Waals surface area contributed by atoms with Crippen LogP contribution >= 0.6 is 0 Å². The SMILES string of the molecule is CNC(CNCCCOC)C(=O)O. The molecule has 0 fully saturated rings. The zero-order valence-electron chi connectivity index (χ0n) is 8.17. The van der Waals surface area contributed by atoms with E-state index < -0.39 is 12.0 Å². The van der Waals surface area contributed by atoms with E-state index in [-0.39, 0.29) is 0 Å². The molecule has 0 aromatic carbocycles. The number of likely N-dealkylation sites (N-methyl/N-ethyl adjacent to an activating group) is 1. The number of hydrogen-bond acceptors (Lipinski definition) is 4. The van der Waals surface area contributed by atoms with Gasteiger partial charge < -0.3 is 20.5 Å². The minimum atomic E-state index is -0.832. The first-order valence-electron chi connectivity index (χ1n) is 4.32. The molecular weight excluding hydrogens is 172 g/mol. The minimum absolute atomic E-state index is 0.440. The Balaban J connectivity index is 3.33. The van der Waals surface area contributed by atoms with Gasteiger partial charge in [-0.1, -0.05) is 0 Å². The Kier molecular flexibility index (Phi) is 7.57. The fourth-order valence-corrected chi connectivity index (χ4v) is 0.901. The molecule has 5 nitrogen and oxygen atoms in total. The van der Waals surface area contributed by atoms with E-state index in [0.717, 1.165) is 13.0 Å². The van der Waals surface area contributed by atoms with Gasteiger partial charge in [0.05, 0.1) is 0 Å². The zero-order chi connectivity index (χ0) is 10.1. The first-order chi connectivity index (χ1) is 6.22. The summed E-state index contributed by atoms with van der Waals surface area (Å²) in [6.45, 7) is 1.92. The van der Waals surface area contributed by atoms with E-state index in [4.69, 9.17) is 9.84 Å². The highest BCUT2D eigenvalue weighted by Gasteiger charge is 2.12. The Morgan fingerprint density at radius 1 is 1.62 bits per heavy atom. The second kappa shape index (κ2) is 7.97. The van der Waals surface area contributed by atoms with E-state index in [0.29, 0.717) is 13.2 Å². The van der Waals surface area contributed by atoms with Crippen molar-refractivity contribution in [2.45, 2.75) is 12.5 Å². The van der Waals surface area contributed by atoms with Crippen molar-refractivity contribution < 1.29 is 14.6 Å². The van der Waals surface area contributed by atoms with Gasteiger partial charge in [-0.15, -0.1) is 0 Å². The maximum atomic E-state index is 10.5. The smallest absolute Gasteiger partial charge is 0.322 e. The van der Waals surface area contributed by atoms with Gasteiger partial charge in [0.15, 0.2) is 0 Å². The van der Waals surface area contributed by atoms with Gasteiger partial charge in [0, 0.05) is 20.3 Å². The Labute approximate surface area is 78.5 Å². The monoisotopic (exact) mass is 190 g/mol. The first kappa shape index (κ1) is 12.3. The third-order valence-corrected chi connectivity index (χ3v) is 1.70. The summed E-state index contributed by atoms with van der Waals surface area (Å²) >= 11 is 0. The van der Waals surface area contributed by atoms with Crippen LogP contribution < -0.4 is 10.6 Å². The van der Waals surface area contributed by atoms with Gasteiger partial charge in [-0.05, 0) is 20.0 Å². The molecule has 0 aliphatic rings. The fourth-order valence-electron chi connectivity index (χ4n) is 0.901. The number of aliphatic carboxylic acids is 1. The number of carbonyl (C=O) groups is 1. The van der Waals surface area contributed by atoms with Crippen LogP contribution in [0, 0.1) is 0 Å². The van der Waals surface area contributed by atoms with Crippen LogP contribution in [0.1, 0.15) is 6.42 Å². The summed E-state index contributed by atoms with van der Waals surface area (Å²) in [5.41, 5.74) is 0. The highest BCUT2D eigenvalue weighted by Crippen LogP contribution is 1.81. The number of methoxy groups -OCH3 is 1. The maximum Gasteiger partial charge on any atom is 0.322 e. The van der Waals surface area contributed by atoms with Crippen molar-refractivity contribution in [3.63, 3.8) is 0 Å². The molecule has 1 atom stereocenters. The predicted molar refractivity (Wildman–Crippen MR) is 49.8 cm³/mol. The van der Waals surface area contributed by atoms with Crippen molar-refractivity contribution in [2.24, 2.45) is 0 Å². The van der Waals surface area contributed by atoms with Crippen molar-refractivity contribution in [3.05, 3.63) is 0 Å². The van der Waals surface area contributed by atoms with E-state index in [1.165, 1.54) is 0 Å². The lowest BCUT2D eigenvalue weighted by Gasteiger charge is -2.11. The molecule has 0 aromatic heterocycles. The first-order valence-corrected chi connectivity index (χ1v) is 4.32. The number of carboxylic acid groups (broad SMARTS) is 1. The molecule has 13 heavy (non-hydrogen) atoms. The van der Waals surface area contributed by atoms with Crippen LogP contribution in [0.15, 0.2) is 0 Å². The van der Waals surface area contributed by atoms with Crippen molar-refractivity contribution >= 4 is 5.97 Å². The number of carboxylic acids is 1. The lowest BCUT2D eigenvalue weighted by molar-refractivity contribution is -0.139. The van der Waals surface area contributed by atoms with Crippen LogP contribution in [-0.2, 0) is 9.53 Å². The van der Waals surface area contributed by atoms with Gasteiger partial charge in [0.1, 0.15) is 6.04 Å². The minimum Gasteiger partial charge on any atom is -0.480 e. The fraction of sp³-hybridized carbons (Fsp3) is 0.875. The van der Waals surface area contributed by atoms with Crippen LogP contribution in [0.3, 0.4) is 0 Å². The van der Waals surface area contributed by atoms with Crippen molar-refractivity contribution in [3.8, 4) is 0 Å². The van der Waals surface area contributed by atoms with Gasteiger partial charge in [-0.2, -0.15) is 0 Å². The number of nitrogens with one attached hydrogen (secondary N) is 2. The molecule has 0 rings (SSSR count). The normalized spacial score (nSPS) is 12.8. The van der Waals surface area contributed by atoms with Gasteiger partial charge in [-0.25, -0.2) is 0 Å². The van der Waals surface area contributed by atoms with Crippen molar-refractivity contribution in [1.29, 1.82) is 0 Å². The van der Waals surface area contributed by atoms with Gasteiger partial charge in [-0.3, -0.25) is 4.79 Å². The molecule has 0 saturated carbocycles. The molecule has 0 aliphatic carbocycles. The molecule has 0 amide bonds. The molecule has 3 N–H and O–H groups in total. The standard InChI is InChI=1S/C8H18N2O3/c1-9-7(8(11)12)6-10-4-3-5-13-2/h7,9-10H,3-6H2,1-2H3,(H,11,12). The zero-order valence-corrected chi connectivity index (χ0v) is 8.17. The summed E-state index contributed by atoms with van der Waals surface area (Å²) in [5, 5.41) is 14.4. The quantitative estimate of drug-likeness (QED) is 0.441. The van der Waals surface area contributed by atoms with E-state index >= 15 is 0 Å². The largest absolute Gasteiger partial charge is 0.480 e. The summed E-state index contributed by atoms with van der Waals surface area (Å²) in [5.74, 6) is -0.832. The van der Waals surface area contributed by atoms with Crippen LogP contribution in [0.5, 0.6) is 0 Å². The van der Waals surface area contributed by atoms with Gasteiger partial charge in [0.2, 0.25) is 0 Å². The molecule has 0 radical (unpaired) electrons. The molecule has 78 valence electrons. The maximum absolute atomic E-state index is 10.5. The lowest BCUT2D eigenvalue weighted by Crippen LogP contribution is -2.42. The van der Waals surface area contributed by atoms with Gasteiger partial charge in [0.25, 0.3) is 0 Å². The predicted octanol–water partition coefficient (Wildman–Crippen LogP) is -0.715. The van der Waals surface area contributed by atoms with Crippen molar-refractivity contribution in [1.82, 2.24) is 10.6 Å². The highest BCUT2D eigenvalue weighted by atomic mass is 16.5. The average molecular weight is 190 g/mol. The number of rotatable bonds is 8. The van der Waals surface area contributed by atoms with E-state index in [2.05, 4.69) is 10.6 Å². The molecule has 5 heteroatoms. The topological polar surface area (TPSA) is 70.6 Å². The van der Waals surface area contributed by atoms with Crippen LogP contribution in [0.2, 0.25) is 0 Å². The molecular formula is C8H18N2O3. The number of ether oxygens (including phenoxy) is 1. The Morgan fingerprint density at radius 2 is 2.31 bits per heavy atom. The molecule has 0 heterocycles. The highest BCUT2D eigenvalue weighted by molar-refractivity contribution is 5.73. The summed E-state index contributed by atoms with van der Waals surface area (Å²) in [6, 6.07) is -0.512. The van der Waals surface area contributed by atoms with E-state index in [1.807, 2.05) is 0 Å².